The van der Waals surface area contributed by atoms with E-state index in [1.165, 1.54) is 4.88 Å². The first-order valence-electron chi connectivity index (χ1n) is 5.24. The van der Waals surface area contributed by atoms with Crippen LogP contribution in [0.5, 0.6) is 0 Å². The lowest BCUT2D eigenvalue weighted by molar-refractivity contribution is -0.121. The maximum absolute atomic E-state index is 11.4. The van der Waals surface area contributed by atoms with Crippen molar-refractivity contribution in [1.82, 2.24) is 5.32 Å². The van der Waals surface area contributed by atoms with Crippen molar-refractivity contribution in [2.24, 2.45) is 0 Å². The van der Waals surface area contributed by atoms with Crippen LogP contribution in [0.25, 0.3) is 0 Å². The standard InChI is InChI=1S/C12H16N2OS/c1-12(2,10-5-4-8-16-10)9-14-11(15)6-3-7-13/h4-5,8H,3,6,9H2,1-2H3,(H,14,15). The van der Waals surface area contributed by atoms with Crippen molar-refractivity contribution in [3.63, 3.8) is 0 Å². The average molecular weight is 236 g/mol. The van der Waals surface area contributed by atoms with Crippen LogP contribution in [-0.4, -0.2) is 12.5 Å². The highest BCUT2D eigenvalue weighted by Gasteiger charge is 2.22. The molecule has 0 spiro atoms. The van der Waals surface area contributed by atoms with E-state index in [-0.39, 0.29) is 24.2 Å². The summed E-state index contributed by atoms with van der Waals surface area (Å²) in [7, 11) is 0. The summed E-state index contributed by atoms with van der Waals surface area (Å²) in [5, 5.41) is 13.3. The topological polar surface area (TPSA) is 52.9 Å². The summed E-state index contributed by atoms with van der Waals surface area (Å²) in [4.78, 5) is 12.6. The minimum atomic E-state index is -0.0498. The van der Waals surface area contributed by atoms with Gasteiger partial charge in [-0.1, -0.05) is 19.9 Å². The van der Waals surface area contributed by atoms with Gasteiger partial charge in [0.1, 0.15) is 0 Å². The van der Waals surface area contributed by atoms with Crippen LogP contribution in [0.1, 0.15) is 31.6 Å². The molecule has 0 saturated carbocycles. The number of carbonyl (C=O) groups is 1. The summed E-state index contributed by atoms with van der Waals surface area (Å²) in [6, 6.07) is 6.05. The van der Waals surface area contributed by atoms with Crippen LogP contribution in [0.3, 0.4) is 0 Å². The number of thiophene rings is 1. The molecule has 0 aliphatic heterocycles. The lowest BCUT2D eigenvalue weighted by Crippen LogP contribution is -2.36. The Balaban J connectivity index is 2.43. The monoisotopic (exact) mass is 236 g/mol. The fraction of sp³-hybridized carbons (Fsp3) is 0.500. The maximum atomic E-state index is 11.4. The SMILES string of the molecule is CC(C)(CNC(=O)CCC#N)c1cccs1. The fourth-order valence-electron chi connectivity index (χ4n) is 1.33. The van der Waals surface area contributed by atoms with Gasteiger partial charge in [0.25, 0.3) is 0 Å². The Kier molecular flexibility index (Phi) is 4.51. The number of amides is 1. The first-order valence-corrected chi connectivity index (χ1v) is 6.12. The molecular weight excluding hydrogens is 220 g/mol. The molecule has 4 heteroatoms. The van der Waals surface area contributed by atoms with E-state index in [2.05, 4.69) is 25.2 Å². The van der Waals surface area contributed by atoms with Gasteiger partial charge in [-0.25, -0.2) is 0 Å². The van der Waals surface area contributed by atoms with Crippen LogP contribution >= 0.6 is 11.3 Å². The lowest BCUT2D eigenvalue weighted by atomic mass is 9.91. The number of rotatable bonds is 5. The number of nitrogens with one attached hydrogen (secondary N) is 1. The maximum Gasteiger partial charge on any atom is 0.221 e. The molecule has 0 aliphatic carbocycles. The van der Waals surface area contributed by atoms with Crippen molar-refractivity contribution in [1.29, 1.82) is 5.26 Å². The largest absolute Gasteiger partial charge is 0.355 e. The van der Waals surface area contributed by atoms with Crippen LogP contribution < -0.4 is 5.32 Å². The highest BCUT2D eigenvalue weighted by atomic mass is 32.1. The summed E-state index contributed by atoms with van der Waals surface area (Å²) in [6.07, 6.45) is 0.572. The summed E-state index contributed by atoms with van der Waals surface area (Å²) in [5.41, 5.74) is -0.0452. The van der Waals surface area contributed by atoms with Crippen molar-refractivity contribution in [2.45, 2.75) is 32.1 Å². The molecule has 0 radical (unpaired) electrons. The van der Waals surface area contributed by atoms with Gasteiger partial charge < -0.3 is 5.32 Å². The third-order valence-corrected chi connectivity index (χ3v) is 3.62. The Morgan fingerprint density at radius 2 is 2.38 bits per heavy atom. The van der Waals surface area contributed by atoms with Crippen molar-refractivity contribution in [3.05, 3.63) is 22.4 Å². The molecule has 16 heavy (non-hydrogen) atoms. The van der Waals surface area contributed by atoms with Gasteiger partial charge in [0, 0.05) is 29.7 Å². The van der Waals surface area contributed by atoms with Crippen molar-refractivity contribution in [2.75, 3.05) is 6.54 Å². The second-order valence-corrected chi connectivity index (χ2v) is 5.24. The summed E-state index contributed by atoms with van der Waals surface area (Å²) in [6.45, 7) is 4.81. The van der Waals surface area contributed by atoms with Gasteiger partial charge in [0.2, 0.25) is 5.91 Å². The number of hydrogen-bond acceptors (Lipinski definition) is 3. The average Bonchev–Trinajstić information content (AvgIpc) is 2.77. The molecular formula is C12H16N2OS. The van der Waals surface area contributed by atoms with Crippen LogP contribution in [0.15, 0.2) is 17.5 Å². The Hall–Kier alpha value is -1.34. The van der Waals surface area contributed by atoms with E-state index < -0.39 is 0 Å². The van der Waals surface area contributed by atoms with E-state index in [0.717, 1.165) is 0 Å². The Morgan fingerprint density at radius 1 is 1.62 bits per heavy atom. The molecule has 3 nitrogen and oxygen atoms in total. The quantitative estimate of drug-likeness (QED) is 0.853. The molecule has 1 aromatic rings. The zero-order valence-electron chi connectivity index (χ0n) is 9.62. The van der Waals surface area contributed by atoms with Crippen LogP contribution in [0.2, 0.25) is 0 Å². The van der Waals surface area contributed by atoms with Gasteiger partial charge in [-0.15, -0.1) is 11.3 Å². The highest BCUT2D eigenvalue weighted by Crippen LogP contribution is 2.26. The van der Waals surface area contributed by atoms with E-state index in [4.69, 9.17) is 5.26 Å². The third-order valence-electron chi connectivity index (χ3n) is 2.38. The van der Waals surface area contributed by atoms with Gasteiger partial charge in [-0.3, -0.25) is 4.79 Å². The van der Waals surface area contributed by atoms with E-state index >= 15 is 0 Å². The lowest BCUT2D eigenvalue weighted by Gasteiger charge is -2.23. The predicted octanol–water partition coefficient (Wildman–Crippen LogP) is 2.45. The smallest absolute Gasteiger partial charge is 0.221 e. The second-order valence-electron chi connectivity index (χ2n) is 4.30. The van der Waals surface area contributed by atoms with Crippen molar-refractivity contribution in [3.8, 4) is 6.07 Å². The summed E-state index contributed by atoms with van der Waals surface area (Å²) in [5.74, 6) is -0.0498. The number of hydrogen-bond donors (Lipinski definition) is 1. The molecule has 1 amide bonds. The van der Waals surface area contributed by atoms with Gasteiger partial charge in [-0.05, 0) is 11.4 Å². The Labute approximate surface area is 100 Å². The molecule has 0 aliphatic rings. The van der Waals surface area contributed by atoms with Crippen LogP contribution in [0.4, 0.5) is 0 Å². The van der Waals surface area contributed by atoms with Gasteiger partial charge in [0.15, 0.2) is 0 Å². The van der Waals surface area contributed by atoms with E-state index in [1.54, 1.807) is 11.3 Å². The van der Waals surface area contributed by atoms with Gasteiger partial charge in [0.05, 0.1) is 6.07 Å². The highest BCUT2D eigenvalue weighted by molar-refractivity contribution is 7.10. The zero-order chi connectivity index (χ0) is 12.0. The van der Waals surface area contributed by atoms with Crippen molar-refractivity contribution >= 4 is 17.2 Å². The molecule has 1 aromatic heterocycles. The second kappa shape index (κ2) is 5.66. The molecule has 1 heterocycles. The molecule has 1 N–H and O–H groups in total. The number of nitriles is 1. The molecule has 0 atom stereocenters. The Morgan fingerprint density at radius 3 is 2.94 bits per heavy atom. The molecule has 0 bridgehead atoms. The van der Waals surface area contributed by atoms with Crippen molar-refractivity contribution < 1.29 is 4.79 Å². The first-order chi connectivity index (χ1) is 7.56. The number of carbonyl (C=O) groups excluding carboxylic acids is 1. The van der Waals surface area contributed by atoms with Gasteiger partial charge in [-0.2, -0.15) is 5.26 Å². The summed E-state index contributed by atoms with van der Waals surface area (Å²) >= 11 is 1.70. The molecule has 1 rings (SSSR count). The fourth-order valence-corrected chi connectivity index (χ4v) is 2.18. The minimum Gasteiger partial charge on any atom is -0.355 e. The van der Waals surface area contributed by atoms with E-state index in [9.17, 15) is 4.79 Å². The van der Waals surface area contributed by atoms with E-state index in [0.29, 0.717) is 6.54 Å². The molecule has 0 saturated heterocycles. The van der Waals surface area contributed by atoms with Crippen LogP contribution in [-0.2, 0) is 10.2 Å². The summed E-state index contributed by atoms with van der Waals surface area (Å²) < 4.78 is 0. The third kappa shape index (κ3) is 3.67. The minimum absolute atomic E-state index is 0.0452. The molecule has 0 fully saturated rings. The first kappa shape index (κ1) is 12.7. The Bertz CT molecular complexity index is 376. The van der Waals surface area contributed by atoms with Crippen LogP contribution in [0, 0.1) is 11.3 Å². The predicted molar refractivity (Wildman–Crippen MR) is 65.2 cm³/mol. The van der Waals surface area contributed by atoms with Gasteiger partial charge >= 0.3 is 0 Å². The normalized spacial score (nSPS) is 10.8. The molecule has 0 aromatic carbocycles. The number of nitrogens with zero attached hydrogens (tertiary/aromatic N) is 1. The van der Waals surface area contributed by atoms with E-state index in [1.807, 2.05) is 17.5 Å². The molecule has 0 unspecified atom stereocenters. The zero-order valence-corrected chi connectivity index (χ0v) is 10.4. The molecule has 86 valence electrons.